The number of amides is 1. The summed E-state index contributed by atoms with van der Waals surface area (Å²) in [4.78, 5) is 12.9. The van der Waals surface area contributed by atoms with E-state index < -0.39 is 34.2 Å². The fourth-order valence-corrected chi connectivity index (χ4v) is 5.76. The van der Waals surface area contributed by atoms with E-state index in [0.29, 0.717) is 16.7 Å². The molecule has 0 saturated carbocycles. The van der Waals surface area contributed by atoms with Crippen molar-refractivity contribution in [2.45, 2.75) is 45.3 Å². The van der Waals surface area contributed by atoms with Crippen molar-refractivity contribution in [1.82, 2.24) is 4.31 Å². The Balaban J connectivity index is 1.95. The Bertz CT molecular complexity index is 1310. The summed E-state index contributed by atoms with van der Waals surface area (Å²) in [6, 6.07) is 14.9. The van der Waals surface area contributed by atoms with Gasteiger partial charge >= 0.3 is 6.18 Å². The van der Waals surface area contributed by atoms with Gasteiger partial charge in [-0.1, -0.05) is 53.6 Å². The number of hydrogen-bond acceptors (Lipinski definition) is 3. The molecule has 0 aromatic heterocycles. The molecule has 0 saturated heterocycles. The fraction of sp³-hybridized carbons (Fsp3) is 0.269. The maximum Gasteiger partial charge on any atom is 0.416 e. The maximum atomic E-state index is 13.7. The second kappa shape index (κ2) is 10.2. The molecular weight excluding hydrogens is 477 g/mol. The van der Waals surface area contributed by atoms with Crippen LogP contribution >= 0.6 is 0 Å². The summed E-state index contributed by atoms with van der Waals surface area (Å²) in [5.74, 6) is -0.748. The van der Waals surface area contributed by atoms with Gasteiger partial charge in [-0.15, -0.1) is 0 Å². The number of sulfonamides is 1. The standard InChI is InChI=1S/C26H27F3N2O3S/c1-17-8-10-21(11-9-17)15-31(35(33,34)25-19(3)12-18(2)13-20(25)4)16-24(32)30-23-7-5-6-22(14-23)26(27,28)29/h5-14H,15-16H2,1-4H3,(H,30,32). The van der Waals surface area contributed by atoms with Crippen LogP contribution in [-0.2, 0) is 27.5 Å². The molecule has 3 aromatic rings. The van der Waals surface area contributed by atoms with Crippen LogP contribution in [0.5, 0.6) is 0 Å². The van der Waals surface area contributed by atoms with Crippen LogP contribution in [-0.4, -0.2) is 25.2 Å². The molecule has 0 unspecified atom stereocenters. The average Bonchev–Trinajstić information content (AvgIpc) is 2.73. The first-order chi connectivity index (χ1) is 16.3. The highest BCUT2D eigenvalue weighted by Gasteiger charge is 2.32. The number of anilines is 1. The molecule has 9 heteroatoms. The maximum absolute atomic E-state index is 13.7. The summed E-state index contributed by atoms with van der Waals surface area (Å²) >= 11 is 0. The van der Waals surface area contributed by atoms with E-state index in [1.807, 2.05) is 26.0 Å². The topological polar surface area (TPSA) is 66.5 Å². The van der Waals surface area contributed by atoms with Crippen LogP contribution in [0, 0.1) is 27.7 Å². The summed E-state index contributed by atoms with van der Waals surface area (Å²) in [5.41, 5.74) is 2.70. The molecule has 35 heavy (non-hydrogen) atoms. The van der Waals surface area contributed by atoms with Gasteiger partial charge < -0.3 is 5.32 Å². The molecule has 3 aromatic carbocycles. The Labute approximate surface area is 203 Å². The molecule has 0 heterocycles. The third kappa shape index (κ3) is 6.49. The number of nitrogens with one attached hydrogen (secondary N) is 1. The number of hydrogen-bond donors (Lipinski definition) is 1. The summed E-state index contributed by atoms with van der Waals surface area (Å²) < 4.78 is 67.6. The molecule has 3 rings (SSSR count). The Morgan fingerprint density at radius 1 is 0.886 bits per heavy atom. The second-order valence-corrected chi connectivity index (χ2v) is 10.5. The third-order valence-corrected chi connectivity index (χ3v) is 7.57. The Kier molecular flexibility index (Phi) is 7.71. The van der Waals surface area contributed by atoms with Crippen LogP contribution in [0.2, 0.25) is 0 Å². The number of aryl methyl sites for hydroxylation is 4. The molecule has 0 fully saturated rings. The normalized spacial score (nSPS) is 12.1. The van der Waals surface area contributed by atoms with Gasteiger partial charge in [0.2, 0.25) is 15.9 Å². The van der Waals surface area contributed by atoms with Crippen molar-refractivity contribution in [3.63, 3.8) is 0 Å². The van der Waals surface area contributed by atoms with Gasteiger partial charge in [-0.05, 0) is 62.6 Å². The van der Waals surface area contributed by atoms with Crippen LogP contribution < -0.4 is 5.32 Å². The molecule has 0 aliphatic carbocycles. The predicted octanol–water partition coefficient (Wildman–Crippen LogP) is 5.77. The molecule has 5 nitrogen and oxygen atoms in total. The highest BCUT2D eigenvalue weighted by Crippen LogP contribution is 2.31. The summed E-state index contributed by atoms with van der Waals surface area (Å²) in [7, 11) is -4.11. The van der Waals surface area contributed by atoms with E-state index in [1.165, 1.54) is 12.1 Å². The van der Waals surface area contributed by atoms with E-state index >= 15 is 0 Å². The lowest BCUT2D eigenvalue weighted by Gasteiger charge is -2.24. The fourth-order valence-electron chi connectivity index (χ4n) is 3.96. The van der Waals surface area contributed by atoms with E-state index in [2.05, 4.69) is 5.32 Å². The van der Waals surface area contributed by atoms with E-state index in [4.69, 9.17) is 0 Å². The summed E-state index contributed by atoms with van der Waals surface area (Å²) in [6.07, 6.45) is -4.57. The lowest BCUT2D eigenvalue weighted by Crippen LogP contribution is -2.38. The first-order valence-corrected chi connectivity index (χ1v) is 12.3. The number of rotatable bonds is 7. The van der Waals surface area contributed by atoms with Gasteiger partial charge in [0.05, 0.1) is 17.0 Å². The minimum absolute atomic E-state index is 0.0693. The molecule has 0 radical (unpaired) electrons. The highest BCUT2D eigenvalue weighted by molar-refractivity contribution is 7.89. The van der Waals surface area contributed by atoms with Gasteiger partial charge in [-0.2, -0.15) is 17.5 Å². The lowest BCUT2D eigenvalue weighted by atomic mass is 10.1. The van der Waals surface area contributed by atoms with Gasteiger partial charge in [0.25, 0.3) is 0 Å². The highest BCUT2D eigenvalue weighted by atomic mass is 32.2. The summed E-state index contributed by atoms with van der Waals surface area (Å²) in [6.45, 7) is 6.51. The zero-order chi connectivity index (χ0) is 26.0. The quantitative estimate of drug-likeness (QED) is 0.444. The Hall–Kier alpha value is -3.17. The van der Waals surface area contributed by atoms with Crippen LogP contribution in [0.25, 0.3) is 0 Å². The molecule has 1 N–H and O–H groups in total. The number of carbonyl (C=O) groups excluding carboxylic acids is 1. The van der Waals surface area contributed by atoms with Gasteiger partial charge in [-0.25, -0.2) is 8.42 Å². The van der Waals surface area contributed by atoms with Gasteiger partial charge in [0, 0.05) is 12.2 Å². The molecule has 0 atom stereocenters. The first kappa shape index (κ1) is 26.4. The monoisotopic (exact) mass is 504 g/mol. The average molecular weight is 505 g/mol. The number of halogens is 3. The zero-order valence-electron chi connectivity index (χ0n) is 19.9. The number of benzene rings is 3. The van der Waals surface area contributed by atoms with Crippen molar-refractivity contribution in [3.8, 4) is 0 Å². The van der Waals surface area contributed by atoms with E-state index in [9.17, 15) is 26.4 Å². The van der Waals surface area contributed by atoms with Crippen molar-refractivity contribution in [2.75, 3.05) is 11.9 Å². The number of nitrogens with zero attached hydrogens (tertiary/aromatic N) is 1. The SMILES string of the molecule is Cc1ccc(CN(CC(=O)Nc2cccc(C(F)(F)F)c2)S(=O)(=O)c2c(C)cc(C)cc2C)cc1. The minimum Gasteiger partial charge on any atom is -0.325 e. The largest absolute Gasteiger partial charge is 0.416 e. The van der Waals surface area contributed by atoms with Crippen LogP contribution in [0.15, 0.2) is 65.6 Å². The number of carbonyl (C=O) groups is 1. The Morgan fingerprint density at radius 2 is 1.49 bits per heavy atom. The molecule has 0 bridgehead atoms. The summed E-state index contributed by atoms with van der Waals surface area (Å²) in [5, 5.41) is 2.40. The molecule has 186 valence electrons. The van der Waals surface area contributed by atoms with Gasteiger partial charge in [0.15, 0.2) is 0 Å². The lowest BCUT2D eigenvalue weighted by molar-refractivity contribution is -0.137. The van der Waals surface area contributed by atoms with E-state index in [-0.39, 0.29) is 17.1 Å². The van der Waals surface area contributed by atoms with E-state index in [0.717, 1.165) is 27.6 Å². The van der Waals surface area contributed by atoms with Crippen molar-refractivity contribution >= 4 is 21.6 Å². The van der Waals surface area contributed by atoms with Crippen LogP contribution in [0.3, 0.4) is 0 Å². The minimum atomic E-state index is -4.57. The molecule has 0 aliphatic rings. The van der Waals surface area contributed by atoms with Gasteiger partial charge in [0.1, 0.15) is 0 Å². The van der Waals surface area contributed by atoms with Crippen LogP contribution in [0.4, 0.5) is 18.9 Å². The van der Waals surface area contributed by atoms with Crippen molar-refractivity contribution in [3.05, 3.63) is 94.0 Å². The molecule has 0 spiro atoms. The third-order valence-electron chi connectivity index (χ3n) is 5.48. The Morgan fingerprint density at radius 3 is 2.06 bits per heavy atom. The van der Waals surface area contributed by atoms with Crippen molar-refractivity contribution in [2.24, 2.45) is 0 Å². The number of alkyl halides is 3. The van der Waals surface area contributed by atoms with Crippen molar-refractivity contribution in [1.29, 1.82) is 0 Å². The zero-order valence-corrected chi connectivity index (χ0v) is 20.7. The van der Waals surface area contributed by atoms with E-state index in [1.54, 1.807) is 38.1 Å². The predicted molar refractivity (Wildman–Crippen MR) is 130 cm³/mol. The molecule has 0 aliphatic heterocycles. The van der Waals surface area contributed by atoms with Crippen LogP contribution in [0.1, 0.15) is 33.4 Å². The smallest absolute Gasteiger partial charge is 0.325 e. The van der Waals surface area contributed by atoms with Gasteiger partial charge in [-0.3, -0.25) is 4.79 Å². The first-order valence-electron chi connectivity index (χ1n) is 10.9. The molecular formula is C26H27F3N2O3S. The second-order valence-electron chi connectivity index (χ2n) is 8.61. The van der Waals surface area contributed by atoms with Crippen molar-refractivity contribution < 1.29 is 26.4 Å². The molecule has 1 amide bonds.